The summed E-state index contributed by atoms with van der Waals surface area (Å²) in [4.78, 5) is 73.8. The van der Waals surface area contributed by atoms with Crippen LogP contribution in [0.25, 0.3) is 0 Å². The topological polar surface area (TPSA) is 200 Å². The fourth-order valence-corrected chi connectivity index (χ4v) is 5.41. The minimum atomic E-state index is -1.82. The number of aliphatic carboxylic acids is 1. The fraction of sp³-hybridized carbons (Fsp3) is 0.655. The number of carboxylic acid groups (broad SMARTS) is 1. The van der Waals surface area contributed by atoms with Crippen molar-refractivity contribution in [2.75, 3.05) is 26.4 Å². The van der Waals surface area contributed by atoms with E-state index in [-0.39, 0.29) is 81.9 Å². The Morgan fingerprint density at radius 2 is 1.10 bits per heavy atom. The number of aliphatic hydroxyl groups is 2. The van der Waals surface area contributed by atoms with Gasteiger partial charge < -0.3 is 34.3 Å². The molecule has 0 aromatic heterocycles. The molecule has 2 fully saturated rings. The number of hydrogen-bond donors (Lipinski definition) is 3. The van der Waals surface area contributed by atoms with Crippen molar-refractivity contribution in [3.63, 3.8) is 0 Å². The van der Waals surface area contributed by atoms with Gasteiger partial charge in [-0.2, -0.15) is 0 Å². The lowest BCUT2D eigenvalue weighted by atomic mass is 9.66. The lowest BCUT2D eigenvalue weighted by molar-refractivity contribution is -0.169. The molecule has 0 aromatic carbocycles. The first-order chi connectivity index (χ1) is 19.7. The number of rotatable bonds is 14. The molecule has 6 atom stereocenters. The maximum Gasteiger partial charge on any atom is 0.333 e. The van der Waals surface area contributed by atoms with Crippen molar-refractivity contribution >= 4 is 35.6 Å². The second-order valence-corrected chi connectivity index (χ2v) is 10.8. The summed E-state index contributed by atoms with van der Waals surface area (Å²) in [6, 6.07) is 0. The molecule has 3 N–H and O–H groups in total. The largest absolute Gasteiger partial charge is 0.481 e. The molecule has 13 heteroatoms. The van der Waals surface area contributed by atoms with E-state index in [4.69, 9.17) is 18.9 Å². The average molecular weight is 597 g/mol. The molecule has 0 aromatic rings. The molecular formula is C29H40O13. The van der Waals surface area contributed by atoms with Crippen molar-refractivity contribution in [1.29, 1.82) is 0 Å². The molecule has 0 saturated heterocycles. The first kappa shape index (κ1) is 34.6. The van der Waals surface area contributed by atoms with E-state index in [1.165, 1.54) is 13.8 Å². The fourth-order valence-electron chi connectivity index (χ4n) is 5.41. The van der Waals surface area contributed by atoms with Crippen molar-refractivity contribution in [1.82, 2.24) is 0 Å². The van der Waals surface area contributed by atoms with Crippen LogP contribution < -0.4 is 0 Å². The summed E-state index contributed by atoms with van der Waals surface area (Å²) in [5.74, 6) is -9.66. The Balaban J connectivity index is 1.97. The second kappa shape index (κ2) is 16.2. The van der Waals surface area contributed by atoms with E-state index >= 15 is 0 Å². The van der Waals surface area contributed by atoms with Gasteiger partial charge >= 0.3 is 29.8 Å². The van der Waals surface area contributed by atoms with Gasteiger partial charge in [0.25, 0.3) is 0 Å². The van der Waals surface area contributed by atoms with Crippen LogP contribution >= 0.6 is 0 Å². The average Bonchev–Trinajstić information content (AvgIpc) is 2.95. The van der Waals surface area contributed by atoms with Gasteiger partial charge in [-0.1, -0.05) is 13.2 Å². The molecular weight excluding hydrogens is 556 g/mol. The molecule has 0 spiro atoms. The maximum atomic E-state index is 13.5. The molecule has 0 radical (unpaired) electrons. The van der Waals surface area contributed by atoms with Crippen molar-refractivity contribution in [2.24, 2.45) is 35.5 Å². The van der Waals surface area contributed by atoms with Gasteiger partial charge in [0.05, 0.1) is 17.8 Å². The second-order valence-electron chi connectivity index (χ2n) is 10.8. The maximum absolute atomic E-state index is 13.5. The number of esters is 4. The molecule has 6 unspecified atom stereocenters. The number of carboxylic acids is 1. The van der Waals surface area contributed by atoms with Crippen LogP contribution in [0.4, 0.5) is 0 Å². The Hall–Kier alpha value is -3.58. The molecule has 0 aliphatic heterocycles. The highest BCUT2D eigenvalue weighted by atomic mass is 16.6. The van der Waals surface area contributed by atoms with Gasteiger partial charge in [0.1, 0.15) is 32.2 Å². The zero-order valence-corrected chi connectivity index (χ0v) is 24.0. The summed E-state index contributed by atoms with van der Waals surface area (Å²) >= 11 is 0. The van der Waals surface area contributed by atoms with Crippen LogP contribution in [-0.4, -0.2) is 83.7 Å². The van der Waals surface area contributed by atoms with E-state index in [0.29, 0.717) is 0 Å². The minimum absolute atomic E-state index is 0.0197. The molecule has 2 aliphatic rings. The Kier molecular flexibility index (Phi) is 13.3. The summed E-state index contributed by atoms with van der Waals surface area (Å²) in [6.07, 6.45) is -1.18. The third-order valence-electron chi connectivity index (χ3n) is 7.68. The van der Waals surface area contributed by atoms with Gasteiger partial charge in [0.2, 0.25) is 0 Å². The van der Waals surface area contributed by atoms with Crippen LogP contribution in [0.15, 0.2) is 24.3 Å². The van der Waals surface area contributed by atoms with E-state index in [1.54, 1.807) is 0 Å². The first-order valence-corrected chi connectivity index (χ1v) is 13.9. The SMILES string of the molecule is C=C(C)C(=O)OCCOC(=O)C1CCC(C(=O)C2CCC(C(O)O)C(C(=O)OCCOC(=O)C(=C)C)C2)CC1C(=O)O. The molecule has 2 aliphatic carbocycles. The Morgan fingerprint density at radius 3 is 1.55 bits per heavy atom. The summed E-state index contributed by atoms with van der Waals surface area (Å²) < 4.78 is 20.0. The van der Waals surface area contributed by atoms with Gasteiger partial charge in [-0.3, -0.25) is 19.2 Å². The first-order valence-electron chi connectivity index (χ1n) is 13.9. The monoisotopic (exact) mass is 596 g/mol. The molecule has 13 nitrogen and oxygen atoms in total. The summed E-state index contributed by atoms with van der Waals surface area (Å²) in [7, 11) is 0. The predicted molar refractivity (Wildman–Crippen MR) is 143 cm³/mol. The normalized spacial score (nSPS) is 25.5. The molecule has 2 rings (SSSR count). The van der Waals surface area contributed by atoms with Gasteiger partial charge in [0.15, 0.2) is 6.29 Å². The molecule has 0 amide bonds. The van der Waals surface area contributed by atoms with E-state index < -0.39 is 71.6 Å². The van der Waals surface area contributed by atoms with E-state index in [9.17, 15) is 44.1 Å². The highest BCUT2D eigenvalue weighted by molar-refractivity contribution is 5.88. The van der Waals surface area contributed by atoms with Crippen molar-refractivity contribution in [3.8, 4) is 0 Å². The lowest BCUT2D eigenvalue weighted by Crippen LogP contribution is -2.44. The lowest BCUT2D eigenvalue weighted by Gasteiger charge is -2.38. The zero-order chi connectivity index (χ0) is 31.6. The van der Waals surface area contributed by atoms with E-state index in [1.807, 2.05) is 0 Å². The number of Topliss-reactive ketones (excluding diaryl/α,β-unsaturated/α-hetero) is 1. The van der Waals surface area contributed by atoms with Crippen LogP contribution in [-0.2, 0) is 47.7 Å². The molecule has 234 valence electrons. The van der Waals surface area contributed by atoms with Gasteiger partial charge in [-0.05, 0) is 52.4 Å². The highest BCUT2D eigenvalue weighted by Crippen LogP contribution is 2.42. The number of carbonyl (C=O) groups excluding carboxylic acids is 5. The van der Waals surface area contributed by atoms with Crippen molar-refractivity contribution in [2.45, 2.75) is 58.7 Å². The number of aliphatic hydroxyl groups excluding tert-OH is 1. The van der Waals surface area contributed by atoms with Crippen LogP contribution in [0.3, 0.4) is 0 Å². The van der Waals surface area contributed by atoms with Crippen LogP contribution in [0.5, 0.6) is 0 Å². The number of ketones is 1. The number of carbonyl (C=O) groups is 6. The molecule has 2 saturated carbocycles. The zero-order valence-electron chi connectivity index (χ0n) is 24.0. The summed E-state index contributed by atoms with van der Waals surface area (Å²) in [6.45, 7) is 8.86. The van der Waals surface area contributed by atoms with Crippen LogP contribution in [0.2, 0.25) is 0 Å². The van der Waals surface area contributed by atoms with Crippen molar-refractivity contribution < 1.29 is 63.0 Å². The third kappa shape index (κ3) is 9.76. The Bertz CT molecular complexity index is 1060. The smallest absolute Gasteiger partial charge is 0.333 e. The van der Waals surface area contributed by atoms with Crippen LogP contribution in [0.1, 0.15) is 52.4 Å². The van der Waals surface area contributed by atoms with Gasteiger partial charge in [-0.15, -0.1) is 0 Å². The molecule has 0 bridgehead atoms. The molecule has 0 heterocycles. The standard InChI is InChI=1S/C29H40O13/c1-15(2)26(35)39-9-11-41-28(37)20-8-6-17(13-21(20)25(33)34)23(30)18-5-7-19(24(31)32)22(14-18)29(38)42-12-10-40-27(36)16(3)4/h17-22,24,31-32H,1,3,5-14H2,2,4H3,(H,33,34). The third-order valence-corrected chi connectivity index (χ3v) is 7.68. The number of hydrogen-bond acceptors (Lipinski definition) is 12. The summed E-state index contributed by atoms with van der Waals surface area (Å²) in [5.41, 5.74) is 0.359. The Morgan fingerprint density at radius 1 is 0.667 bits per heavy atom. The summed E-state index contributed by atoms with van der Waals surface area (Å²) in [5, 5.41) is 29.5. The van der Waals surface area contributed by atoms with Gasteiger partial charge in [-0.25, -0.2) is 9.59 Å². The molecule has 42 heavy (non-hydrogen) atoms. The highest BCUT2D eigenvalue weighted by Gasteiger charge is 2.46. The predicted octanol–water partition coefficient (Wildman–Crippen LogP) is 1.34. The van der Waals surface area contributed by atoms with E-state index in [0.717, 1.165) is 0 Å². The Labute approximate surface area is 243 Å². The van der Waals surface area contributed by atoms with E-state index in [2.05, 4.69) is 13.2 Å². The number of ether oxygens (including phenoxy) is 4. The van der Waals surface area contributed by atoms with Gasteiger partial charge in [0, 0.05) is 28.9 Å². The quantitative estimate of drug-likeness (QED) is 0.0854. The minimum Gasteiger partial charge on any atom is -0.481 e. The van der Waals surface area contributed by atoms with Crippen LogP contribution in [0, 0.1) is 35.5 Å². The van der Waals surface area contributed by atoms with Crippen molar-refractivity contribution in [3.05, 3.63) is 24.3 Å².